The first-order valence-corrected chi connectivity index (χ1v) is 6.95. The SMILES string of the molecule is C=CCCCCCC[SH](C)C. The Labute approximate surface area is 74.4 Å². The quantitative estimate of drug-likeness (QED) is 0.341. The van der Waals surface area contributed by atoms with Gasteiger partial charge in [0.25, 0.3) is 0 Å². The van der Waals surface area contributed by atoms with Gasteiger partial charge in [0.15, 0.2) is 0 Å². The minimum Gasteiger partial charge on any atom is -0.259 e. The summed E-state index contributed by atoms with van der Waals surface area (Å²) in [4.78, 5) is 0. The number of thiol groups is 1. The normalized spacial score (nSPS) is 11.3. The van der Waals surface area contributed by atoms with E-state index < -0.39 is 0 Å². The molecule has 0 bridgehead atoms. The molecule has 68 valence electrons. The van der Waals surface area contributed by atoms with Gasteiger partial charge in [-0.1, -0.05) is 18.9 Å². The van der Waals surface area contributed by atoms with Crippen LogP contribution in [0.3, 0.4) is 0 Å². The van der Waals surface area contributed by atoms with Crippen molar-refractivity contribution in [3.63, 3.8) is 0 Å². The molecule has 0 aliphatic carbocycles. The Bertz CT molecular complexity index is 86.9. The summed E-state index contributed by atoms with van der Waals surface area (Å²) in [5, 5.41) is 0. The maximum Gasteiger partial charge on any atom is -0.0258 e. The van der Waals surface area contributed by atoms with Crippen LogP contribution in [0.25, 0.3) is 0 Å². The Morgan fingerprint density at radius 1 is 1.09 bits per heavy atom. The van der Waals surface area contributed by atoms with E-state index in [4.69, 9.17) is 0 Å². The van der Waals surface area contributed by atoms with E-state index in [1.807, 2.05) is 6.08 Å². The molecule has 1 heteroatoms. The average molecular weight is 174 g/mol. The van der Waals surface area contributed by atoms with Gasteiger partial charge >= 0.3 is 0 Å². The largest absolute Gasteiger partial charge is 0.259 e. The number of hydrogen-bond acceptors (Lipinski definition) is 0. The number of hydrogen-bond donors (Lipinski definition) is 1. The lowest BCUT2D eigenvalue weighted by atomic mass is 10.2. The smallest absolute Gasteiger partial charge is 0.0258 e. The Balaban J connectivity index is 2.85. The molecule has 0 aliphatic rings. The molecule has 0 aromatic carbocycles. The monoisotopic (exact) mass is 174 g/mol. The summed E-state index contributed by atoms with van der Waals surface area (Å²) in [5.74, 6) is 1.46. The molecule has 0 N–H and O–H groups in total. The minimum atomic E-state index is 0.355. The van der Waals surface area contributed by atoms with Crippen LogP contribution in [0, 0.1) is 0 Å². The van der Waals surface area contributed by atoms with Crippen LogP contribution in [0.2, 0.25) is 0 Å². The van der Waals surface area contributed by atoms with E-state index in [9.17, 15) is 0 Å². The number of unbranched alkanes of at least 4 members (excludes halogenated alkanes) is 4. The van der Waals surface area contributed by atoms with Crippen molar-refractivity contribution < 1.29 is 0 Å². The molecule has 0 amide bonds. The van der Waals surface area contributed by atoms with E-state index in [0.29, 0.717) is 10.9 Å². The zero-order valence-corrected chi connectivity index (χ0v) is 8.87. The van der Waals surface area contributed by atoms with Gasteiger partial charge < -0.3 is 0 Å². The third-order valence-electron chi connectivity index (χ3n) is 1.76. The second-order valence-corrected chi connectivity index (χ2v) is 5.90. The van der Waals surface area contributed by atoms with Crippen LogP contribution >= 0.6 is 10.9 Å². The van der Waals surface area contributed by atoms with E-state index in [-0.39, 0.29) is 0 Å². The summed E-state index contributed by atoms with van der Waals surface area (Å²) in [6.45, 7) is 3.71. The van der Waals surface area contributed by atoms with Gasteiger partial charge in [0, 0.05) is 0 Å². The summed E-state index contributed by atoms with van der Waals surface area (Å²) in [6.07, 6.45) is 13.5. The van der Waals surface area contributed by atoms with Crippen molar-refractivity contribution in [1.29, 1.82) is 0 Å². The first-order chi connectivity index (χ1) is 5.27. The third-order valence-corrected chi connectivity index (χ3v) is 2.97. The molecule has 0 aromatic rings. The molecule has 0 heterocycles. The van der Waals surface area contributed by atoms with Crippen molar-refractivity contribution >= 4 is 10.9 Å². The van der Waals surface area contributed by atoms with Gasteiger partial charge in [0.1, 0.15) is 0 Å². The average Bonchev–Trinajstić information content (AvgIpc) is 1.96. The summed E-state index contributed by atoms with van der Waals surface area (Å²) in [6, 6.07) is 0. The molecule has 0 aromatic heterocycles. The van der Waals surface area contributed by atoms with Crippen molar-refractivity contribution in [2.45, 2.75) is 32.1 Å². The van der Waals surface area contributed by atoms with Crippen LogP contribution in [0.4, 0.5) is 0 Å². The predicted molar refractivity (Wildman–Crippen MR) is 59.0 cm³/mol. The molecule has 0 saturated heterocycles. The Morgan fingerprint density at radius 3 is 2.27 bits per heavy atom. The predicted octanol–water partition coefficient (Wildman–Crippen LogP) is 3.38. The molecule has 0 atom stereocenters. The lowest BCUT2D eigenvalue weighted by Crippen LogP contribution is -1.85. The molecule has 0 nitrogen and oxygen atoms in total. The van der Waals surface area contributed by atoms with Gasteiger partial charge in [-0.15, -0.1) is 6.58 Å². The van der Waals surface area contributed by atoms with Gasteiger partial charge in [-0.3, -0.25) is 10.9 Å². The molecule has 0 radical (unpaired) electrons. The van der Waals surface area contributed by atoms with Crippen LogP contribution in [0.1, 0.15) is 32.1 Å². The van der Waals surface area contributed by atoms with E-state index in [1.165, 1.54) is 37.9 Å². The van der Waals surface area contributed by atoms with Gasteiger partial charge in [0.2, 0.25) is 0 Å². The fourth-order valence-electron chi connectivity index (χ4n) is 1.07. The first kappa shape index (κ1) is 11.1. The van der Waals surface area contributed by atoms with Crippen LogP contribution in [-0.2, 0) is 0 Å². The molecular weight excluding hydrogens is 152 g/mol. The second-order valence-electron chi connectivity index (χ2n) is 3.29. The highest BCUT2D eigenvalue weighted by Crippen LogP contribution is 2.16. The van der Waals surface area contributed by atoms with E-state index in [1.54, 1.807) is 0 Å². The van der Waals surface area contributed by atoms with Crippen molar-refractivity contribution in [2.75, 3.05) is 18.3 Å². The maximum atomic E-state index is 3.71. The summed E-state index contributed by atoms with van der Waals surface area (Å²) in [5.41, 5.74) is 0. The van der Waals surface area contributed by atoms with Crippen LogP contribution < -0.4 is 0 Å². The molecule has 0 fully saturated rings. The van der Waals surface area contributed by atoms with Crippen LogP contribution in [-0.4, -0.2) is 18.3 Å². The third kappa shape index (κ3) is 10.1. The fourth-order valence-corrected chi connectivity index (χ4v) is 1.93. The Kier molecular flexibility index (Phi) is 8.26. The van der Waals surface area contributed by atoms with Gasteiger partial charge in [-0.2, -0.15) is 0 Å². The molecular formula is C10H22S. The zero-order chi connectivity index (χ0) is 8.53. The van der Waals surface area contributed by atoms with Gasteiger partial charge in [0.05, 0.1) is 0 Å². The maximum absolute atomic E-state index is 3.71. The standard InChI is InChI=1S/C10H22S/c1-4-5-6-7-8-9-10-11(2)3/h4,11H,1,5-10H2,2-3H3. The van der Waals surface area contributed by atoms with Crippen LogP contribution in [0.5, 0.6) is 0 Å². The van der Waals surface area contributed by atoms with E-state index >= 15 is 0 Å². The summed E-state index contributed by atoms with van der Waals surface area (Å²) >= 11 is 0. The zero-order valence-electron chi connectivity index (χ0n) is 7.97. The molecule has 0 aliphatic heterocycles. The topological polar surface area (TPSA) is 0 Å². The molecule has 0 spiro atoms. The van der Waals surface area contributed by atoms with Gasteiger partial charge in [-0.05, 0) is 37.5 Å². The Hall–Kier alpha value is 0.0900. The summed E-state index contributed by atoms with van der Waals surface area (Å²) in [7, 11) is 0.355. The number of allylic oxidation sites excluding steroid dienone is 1. The molecule has 0 saturated carbocycles. The van der Waals surface area contributed by atoms with Crippen molar-refractivity contribution in [2.24, 2.45) is 0 Å². The Morgan fingerprint density at radius 2 is 1.73 bits per heavy atom. The minimum absolute atomic E-state index is 0.355. The summed E-state index contributed by atoms with van der Waals surface area (Å²) < 4.78 is 0. The second kappa shape index (κ2) is 8.19. The lowest BCUT2D eigenvalue weighted by molar-refractivity contribution is 0.678. The highest BCUT2D eigenvalue weighted by atomic mass is 32.2. The highest BCUT2D eigenvalue weighted by molar-refractivity contribution is 8.15. The molecule has 0 unspecified atom stereocenters. The fraction of sp³-hybridized carbons (Fsp3) is 0.800. The number of rotatable bonds is 7. The van der Waals surface area contributed by atoms with E-state index in [2.05, 4.69) is 19.1 Å². The molecule has 11 heavy (non-hydrogen) atoms. The van der Waals surface area contributed by atoms with Crippen molar-refractivity contribution in [3.8, 4) is 0 Å². The van der Waals surface area contributed by atoms with Crippen LogP contribution in [0.15, 0.2) is 12.7 Å². The van der Waals surface area contributed by atoms with Crippen molar-refractivity contribution in [3.05, 3.63) is 12.7 Å². The van der Waals surface area contributed by atoms with Gasteiger partial charge in [-0.25, -0.2) is 0 Å². The first-order valence-electron chi connectivity index (χ1n) is 4.53. The van der Waals surface area contributed by atoms with Crippen molar-refractivity contribution in [1.82, 2.24) is 0 Å². The van der Waals surface area contributed by atoms with E-state index in [0.717, 1.165) is 0 Å². The lowest BCUT2D eigenvalue weighted by Gasteiger charge is -2.07. The highest BCUT2D eigenvalue weighted by Gasteiger charge is 1.90. The molecule has 0 rings (SSSR count).